The van der Waals surface area contributed by atoms with Crippen LogP contribution >= 0.6 is 24.0 Å². The van der Waals surface area contributed by atoms with Crippen molar-refractivity contribution in [3.05, 3.63) is 102 Å². The first-order chi connectivity index (χ1) is 14.6. The number of amidine groups is 1. The first kappa shape index (κ1) is 20.6. The molecule has 1 atom stereocenters. The summed E-state index contributed by atoms with van der Waals surface area (Å²) in [6, 6.07) is 29.4. The highest BCUT2D eigenvalue weighted by Crippen LogP contribution is 2.36. The van der Waals surface area contributed by atoms with Crippen LogP contribution in [0.25, 0.3) is 0 Å². The number of nitrogens with one attached hydrogen (secondary N) is 1. The van der Waals surface area contributed by atoms with E-state index in [0.29, 0.717) is 0 Å². The van der Waals surface area contributed by atoms with Crippen molar-refractivity contribution in [1.82, 2.24) is 5.01 Å². The second-order valence-corrected chi connectivity index (χ2v) is 8.63. The number of rotatable bonds is 6. The summed E-state index contributed by atoms with van der Waals surface area (Å²) in [5.74, 6) is 0. The Bertz CT molecular complexity index is 1030. The monoisotopic (exact) mass is 431 g/mol. The SMILES string of the molecule is CSC1=NC(C)(c2ccc(CCc3ccccc3)cc2)C(=S)N1Nc1ccccc1. The first-order valence-electron chi connectivity index (χ1n) is 10.0. The van der Waals surface area contributed by atoms with Crippen LogP contribution in [0.3, 0.4) is 0 Å². The number of anilines is 1. The smallest absolute Gasteiger partial charge is 0.184 e. The molecule has 0 spiro atoms. The van der Waals surface area contributed by atoms with E-state index < -0.39 is 5.54 Å². The van der Waals surface area contributed by atoms with Gasteiger partial charge in [0, 0.05) is 0 Å². The standard InChI is InChI=1S/C25H25N3S2/c1-25(21-17-15-20(16-18-21)14-13-19-9-5-3-6-10-19)23(29)28(24(26-25)30-2)27-22-11-7-4-8-12-22/h3-12,15-18,27H,13-14H2,1-2H3. The summed E-state index contributed by atoms with van der Waals surface area (Å²) >= 11 is 7.48. The molecule has 5 heteroatoms. The fourth-order valence-corrected chi connectivity index (χ4v) is 4.54. The molecule has 0 aromatic heterocycles. The van der Waals surface area contributed by atoms with E-state index in [4.69, 9.17) is 17.2 Å². The Morgan fingerprint density at radius 3 is 2.03 bits per heavy atom. The summed E-state index contributed by atoms with van der Waals surface area (Å²) in [7, 11) is 0. The van der Waals surface area contributed by atoms with Crippen molar-refractivity contribution in [3.63, 3.8) is 0 Å². The number of hydrogen-bond acceptors (Lipinski definition) is 4. The average molecular weight is 432 g/mol. The summed E-state index contributed by atoms with van der Waals surface area (Å²) in [5, 5.41) is 2.80. The van der Waals surface area contributed by atoms with Crippen LogP contribution in [0, 0.1) is 0 Å². The molecule has 0 saturated heterocycles. The Kier molecular flexibility index (Phi) is 6.21. The van der Waals surface area contributed by atoms with Crippen molar-refractivity contribution in [2.24, 2.45) is 4.99 Å². The van der Waals surface area contributed by atoms with E-state index in [0.717, 1.165) is 34.2 Å². The Morgan fingerprint density at radius 1 is 0.867 bits per heavy atom. The number of aryl methyl sites for hydroxylation is 2. The Balaban J connectivity index is 1.51. The lowest BCUT2D eigenvalue weighted by Gasteiger charge is -2.27. The van der Waals surface area contributed by atoms with Crippen LogP contribution in [0.15, 0.2) is 89.9 Å². The molecule has 0 aliphatic carbocycles. The summed E-state index contributed by atoms with van der Waals surface area (Å²) in [4.78, 5) is 5.75. The number of para-hydroxylation sites is 1. The van der Waals surface area contributed by atoms with E-state index in [1.54, 1.807) is 11.8 Å². The van der Waals surface area contributed by atoms with Crippen molar-refractivity contribution < 1.29 is 0 Å². The molecule has 0 radical (unpaired) electrons. The number of hydrazine groups is 1. The third kappa shape index (κ3) is 4.27. The Labute approximate surface area is 188 Å². The lowest BCUT2D eigenvalue weighted by molar-refractivity contribution is 0.662. The highest BCUT2D eigenvalue weighted by Gasteiger charge is 2.42. The molecule has 1 aliphatic rings. The van der Waals surface area contributed by atoms with Crippen LogP contribution in [0.5, 0.6) is 0 Å². The van der Waals surface area contributed by atoms with E-state index in [2.05, 4.69) is 66.9 Å². The van der Waals surface area contributed by atoms with Crippen molar-refractivity contribution >= 4 is 39.8 Å². The average Bonchev–Trinajstić information content (AvgIpc) is 3.05. The molecule has 4 rings (SSSR count). The lowest BCUT2D eigenvalue weighted by atomic mass is 9.91. The molecule has 3 aromatic carbocycles. The van der Waals surface area contributed by atoms with E-state index in [1.165, 1.54) is 11.1 Å². The molecule has 0 fully saturated rings. The second kappa shape index (κ2) is 9.02. The highest BCUT2D eigenvalue weighted by atomic mass is 32.2. The fourth-order valence-electron chi connectivity index (χ4n) is 3.59. The van der Waals surface area contributed by atoms with Gasteiger partial charge in [-0.15, -0.1) is 0 Å². The topological polar surface area (TPSA) is 27.6 Å². The van der Waals surface area contributed by atoms with Gasteiger partial charge in [0.15, 0.2) is 5.17 Å². The van der Waals surface area contributed by atoms with Crippen LogP contribution in [-0.4, -0.2) is 21.4 Å². The molecule has 1 unspecified atom stereocenters. The largest absolute Gasteiger partial charge is 0.291 e. The van der Waals surface area contributed by atoms with Gasteiger partial charge in [0.1, 0.15) is 10.5 Å². The number of aliphatic imine (C=N–C) groups is 1. The van der Waals surface area contributed by atoms with Gasteiger partial charge in [-0.05, 0) is 54.8 Å². The van der Waals surface area contributed by atoms with Gasteiger partial charge in [0.2, 0.25) is 0 Å². The lowest BCUT2D eigenvalue weighted by Crippen LogP contribution is -2.40. The van der Waals surface area contributed by atoms with Gasteiger partial charge in [0.25, 0.3) is 0 Å². The molecular formula is C25H25N3S2. The fraction of sp³-hybridized carbons (Fsp3) is 0.200. The normalized spacial score (nSPS) is 18.4. The van der Waals surface area contributed by atoms with Gasteiger partial charge in [-0.2, -0.15) is 0 Å². The molecule has 1 aliphatic heterocycles. The molecule has 3 nitrogen and oxygen atoms in total. The predicted octanol–water partition coefficient (Wildman–Crippen LogP) is 6.08. The quantitative estimate of drug-likeness (QED) is 0.479. The molecule has 3 aromatic rings. The van der Waals surface area contributed by atoms with E-state index in [9.17, 15) is 0 Å². The molecule has 0 amide bonds. The van der Waals surface area contributed by atoms with Gasteiger partial charge >= 0.3 is 0 Å². The van der Waals surface area contributed by atoms with E-state index in [-0.39, 0.29) is 0 Å². The molecule has 1 N–H and O–H groups in total. The van der Waals surface area contributed by atoms with Crippen LogP contribution in [-0.2, 0) is 18.4 Å². The molecular weight excluding hydrogens is 406 g/mol. The first-order valence-corrected chi connectivity index (χ1v) is 11.7. The number of nitrogens with zero attached hydrogens (tertiary/aromatic N) is 2. The number of thiocarbonyl (C=S) groups is 1. The zero-order chi connectivity index (χ0) is 21.0. The maximum atomic E-state index is 5.88. The van der Waals surface area contributed by atoms with Gasteiger partial charge < -0.3 is 0 Å². The third-order valence-electron chi connectivity index (χ3n) is 5.39. The van der Waals surface area contributed by atoms with Gasteiger partial charge in [0.05, 0.1) is 5.69 Å². The number of hydrogen-bond donors (Lipinski definition) is 1. The van der Waals surface area contributed by atoms with Crippen LogP contribution < -0.4 is 5.43 Å². The molecule has 152 valence electrons. The molecule has 1 heterocycles. The van der Waals surface area contributed by atoms with Crippen LogP contribution in [0.4, 0.5) is 5.69 Å². The van der Waals surface area contributed by atoms with Crippen LogP contribution in [0.2, 0.25) is 0 Å². The third-order valence-corrected chi connectivity index (χ3v) is 6.61. The summed E-state index contributed by atoms with van der Waals surface area (Å²) in [6.07, 6.45) is 4.09. The zero-order valence-corrected chi connectivity index (χ0v) is 18.8. The Morgan fingerprint density at radius 2 is 1.43 bits per heavy atom. The van der Waals surface area contributed by atoms with Crippen molar-refractivity contribution in [2.75, 3.05) is 11.7 Å². The summed E-state index contributed by atoms with van der Waals surface area (Å²) < 4.78 is 0. The van der Waals surface area contributed by atoms with E-state index in [1.807, 2.05) is 41.6 Å². The highest BCUT2D eigenvalue weighted by molar-refractivity contribution is 8.13. The number of thioether (sulfide) groups is 1. The molecule has 30 heavy (non-hydrogen) atoms. The maximum Gasteiger partial charge on any atom is 0.184 e. The molecule has 0 bridgehead atoms. The minimum atomic E-state index is -0.562. The van der Waals surface area contributed by atoms with Crippen molar-refractivity contribution in [2.45, 2.75) is 25.3 Å². The minimum absolute atomic E-state index is 0.562. The van der Waals surface area contributed by atoms with Crippen molar-refractivity contribution in [1.29, 1.82) is 0 Å². The summed E-state index contributed by atoms with van der Waals surface area (Å²) in [6.45, 7) is 2.09. The second-order valence-electron chi connectivity index (χ2n) is 7.47. The van der Waals surface area contributed by atoms with Gasteiger partial charge in [-0.25, -0.2) is 10.0 Å². The predicted molar refractivity (Wildman–Crippen MR) is 133 cm³/mol. The Hall–Kier alpha value is -2.63. The summed E-state index contributed by atoms with van der Waals surface area (Å²) in [5.41, 5.74) is 7.63. The maximum absolute atomic E-state index is 5.88. The number of benzene rings is 3. The zero-order valence-electron chi connectivity index (χ0n) is 17.2. The van der Waals surface area contributed by atoms with Gasteiger partial charge in [-0.1, -0.05) is 96.8 Å². The van der Waals surface area contributed by atoms with Crippen molar-refractivity contribution in [3.8, 4) is 0 Å². The molecule has 0 saturated carbocycles. The van der Waals surface area contributed by atoms with E-state index >= 15 is 0 Å². The van der Waals surface area contributed by atoms with Crippen LogP contribution in [0.1, 0.15) is 23.6 Å². The minimum Gasteiger partial charge on any atom is -0.291 e. The van der Waals surface area contributed by atoms with Gasteiger partial charge in [-0.3, -0.25) is 5.43 Å².